The number of carbonyl (C=O) groups excluding carboxylic acids is 1. The van der Waals surface area contributed by atoms with Gasteiger partial charge in [-0.2, -0.15) is 0 Å². The Balaban J connectivity index is 1.64. The fourth-order valence-corrected chi connectivity index (χ4v) is 4.06. The van der Waals surface area contributed by atoms with Gasteiger partial charge in [0.2, 0.25) is 0 Å². The van der Waals surface area contributed by atoms with Gasteiger partial charge in [-0.1, -0.05) is 18.9 Å². The van der Waals surface area contributed by atoms with Gasteiger partial charge in [0.1, 0.15) is 0 Å². The summed E-state index contributed by atoms with van der Waals surface area (Å²) in [5.41, 5.74) is 0. The van der Waals surface area contributed by atoms with Crippen molar-refractivity contribution in [2.45, 2.75) is 38.1 Å². The zero-order valence-corrected chi connectivity index (χ0v) is 10.9. The van der Waals surface area contributed by atoms with Gasteiger partial charge in [0.15, 0.2) is 5.78 Å². The maximum Gasteiger partial charge on any atom is 0.186 e. The van der Waals surface area contributed by atoms with E-state index in [2.05, 4.69) is 4.90 Å². The van der Waals surface area contributed by atoms with Gasteiger partial charge in [0.25, 0.3) is 0 Å². The summed E-state index contributed by atoms with van der Waals surface area (Å²) < 4.78 is 0. The van der Waals surface area contributed by atoms with Crippen LogP contribution in [-0.4, -0.2) is 29.8 Å². The molecular formula is C14H19NOS. The molecule has 0 spiro atoms. The Kier molecular flexibility index (Phi) is 3.30. The van der Waals surface area contributed by atoms with Crippen LogP contribution in [0.2, 0.25) is 0 Å². The molecule has 0 amide bonds. The molecule has 1 aromatic heterocycles. The van der Waals surface area contributed by atoms with Crippen molar-refractivity contribution in [3.63, 3.8) is 0 Å². The van der Waals surface area contributed by atoms with Crippen molar-refractivity contribution < 1.29 is 4.79 Å². The second kappa shape index (κ2) is 4.91. The van der Waals surface area contributed by atoms with Crippen LogP contribution in [0.1, 0.15) is 41.8 Å². The molecule has 17 heavy (non-hydrogen) atoms. The largest absolute Gasteiger partial charge is 0.293 e. The Morgan fingerprint density at radius 1 is 1.35 bits per heavy atom. The molecule has 2 fully saturated rings. The van der Waals surface area contributed by atoms with Crippen LogP contribution in [0.4, 0.5) is 0 Å². The first-order valence-electron chi connectivity index (χ1n) is 6.65. The summed E-state index contributed by atoms with van der Waals surface area (Å²) in [4.78, 5) is 15.5. The van der Waals surface area contributed by atoms with Crippen molar-refractivity contribution in [1.82, 2.24) is 4.90 Å². The van der Waals surface area contributed by atoms with Crippen LogP contribution < -0.4 is 0 Å². The zero-order chi connectivity index (χ0) is 11.7. The molecule has 0 N–H and O–H groups in total. The number of carbonyl (C=O) groups is 1. The quantitative estimate of drug-likeness (QED) is 0.767. The average molecular weight is 249 g/mol. The molecule has 1 saturated heterocycles. The average Bonchev–Trinajstić information content (AvgIpc) is 2.98. The summed E-state index contributed by atoms with van der Waals surface area (Å²) in [6.07, 6.45) is 6.75. The van der Waals surface area contributed by atoms with E-state index >= 15 is 0 Å². The van der Waals surface area contributed by atoms with E-state index in [-0.39, 0.29) is 0 Å². The number of fused-ring (bicyclic) bond motifs is 1. The Morgan fingerprint density at radius 2 is 2.24 bits per heavy atom. The van der Waals surface area contributed by atoms with Crippen molar-refractivity contribution in [3.8, 4) is 0 Å². The summed E-state index contributed by atoms with van der Waals surface area (Å²) >= 11 is 1.57. The van der Waals surface area contributed by atoms with E-state index in [1.54, 1.807) is 11.3 Å². The van der Waals surface area contributed by atoms with E-state index in [0.717, 1.165) is 17.3 Å². The number of rotatable bonds is 3. The smallest absolute Gasteiger partial charge is 0.186 e. The molecule has 2 unspecified atom stereocenters. The molecule has 2 atom stereocenters. The van der Waals surface area contributed by atoms with Gasteiger partial charge in [-0.05, 0) is 43.2 Å². The Labute approximate surface area is 107 Å². The van der Waals surface area contributed by atoms with Crippen LogP contribution >= 0.6 is 11.3 Å². The minimum Gasteiger partial charge on any atom is -0.293 e. The molecule has 0 radical (unpaired) electrons. The summed E-state index contributed by atoms with van der Waals surface area (Å²) in [5.74, 6) is 1.19. The summed E-state index contributed by atoms with van der Waals surface area (Å²) in [6, 6.07) is 4.61. The second-order valence-corrected chi connectivity index (χ2v) is 6.22. The minimum atomic E-state index is 0.311. The molecule has 92 valence electrons. The SMILES string of the molecule is O=C(CN1CCC2CCCCC21)c1cccs1. The molecule has 1 aliphatic carbocycles. The van der Waals surface area contributed by atoms with E-state index in [9.17, 15) is 4.79 Å². The van der Waals surface area contributed by atoms with Gasteiger partial charge in [0, 0.05) is 6.04 Å². The fraction of sp³-hybridized carbons (Fsp3) is 0.643. The van der Waals surface area contributed by atoms with Gasteiger partial charge in [0.05, 0.1) is 11.4 Å². The zero-order valence-electron chi connectivity index (χ0n) is 10.1. The van der Waals surface area contributed by atoms with Crippen LogP contribution in [0.5, 0.6) is 0 Å². The van der Waals surface area contributed by atoms with Crippen LogP contribution in [0, 0.1) is 5.92 Å². The van der Waals surface area contributed by atoms with E-state index in [1.807, 2.05) is 17.5 Å². The van der Waals surface area contributed by atoms with Crippen LogP contribution in [0.25, 0.3) is 0 Å². The number of ketones is 1. The van der Waals surface area contributed by atoms with Crippen LogP contribution in [0.15, 0.2) is 17.5 Å². The summed E-state index contributed by atoms with van der Waals surface area (Å²) in [5, 5.41) is 1.99. The van der Waals surface area contributed by atoms with Gasteiger partial charge in [-0.3, -0.25) is 9.69 Å². The molecule has 1 saturated carbocycles. The van der Waals surface area contributed by atoms with E-state index < -0.39 is 0 Å². The molecule has 3 heteroatoms. The molecule has 2 aliphatic rings. The van der Waals surface area contributed by atoms with Crippen LogP contribution in [0.3, 0.4) is 0 Å². The van der Waals surface area contributed by atoms with Crippen molar-refractivity contribution in [1.29, 1.82) is 0 Å². The Hall–Kier alpha value is -0.670. The third-order valence-corrected chi connectivity index (χ3v) is 5.18. The summed E-state index contributed by atoms with van der Waals surface area (Å²) in [7, 11) is 0. The van der Waals surface area contributed by atoms with Crippen LogP contribution in [-0.2, 0) is 0 Å². The lowest BCUT2D eigenvalue weighted by atomic mass is 9.85. The number of hydrogen-bond donors (Lipinski definition) is 0. The van der Waals surface area contributed by atoms with Crippen molar-refractivity contribution >= 4 is 17.1 Å². The first kappa shape index (κ1) is 11.4. The molecule has 2 nitrogen and oxygen atoms in total. The molecule has 3 rings (SSSR count). The van der Waals surface area contributed by atoms with E-state index in [1.165, 1.54) is 32.1 Å². The third-order valence-electron chi connectivity index (χ3n) is 4.27. The lowest BCUT2D eigenvalue weighted by molar-refractivity contribution is 0.0900. The second-order valence-electron chi connectivity index (χ2n) is 5.27. The van der Waals surface area contributed by atoms with Gasteiger partial charge in [-0.15, -0.1) is 11.3 Å². The van der Waals surface area contributed by atoms with Crippen molar-refractivity contribution in [2.24, 2.45) is 5.92 Å². The molecule has 0 aromatic carbocycles. The first-order chi connectivity index (χ1) is 8.34. The highest BCUT2D eigenvalue weighted by Crippen LogP contribution is 2.36. The monoisotopic (exact) mass is 249 g/mol. The number of nitrogens with zero attached hydrogens (tertiary/aromatic N) is 1. The van der Waals surface area contributed by atoms with Crippen molar-refractivity contribution in [3.05, 3.63) is 22.4 Å². The predicted octanol–water partition coefficient (Wildman–Crippen LogP) is 3.20. The highest BCUT2D eigenvalue weighted by atomic mass is 32.1. The lowest BCUT2D eigenvalue weighted by Crippen LogP contribution is -2.38. The number of likely N-dealkylation sites (tertiary alicyclic amines) is 1. The van der Waals surface area contributed by atoms with E-state index in [4.69, 9.17) is 0 Å². The van der Waals surface area contributed by atoms with Gasteiger partial charge < -0.3 is 0 Å². The first-order valence-corrected chi connectivity index (χ1v) is 7.53. The maximum atomic E-state index is 12.1. The standard InChI is InChI=1S/C14H19NOS/c16-13(14-6-3-9-17-14)10-15-8-7-11-4-1-2-5-12(11)15/h3,6,9,11-12H,1-2,4-5,7-8,10H2. The van der Waals surface area contributed by atoms with Gasteiger partial charge in [-0.25, -0.2) is 0 Å². The maximum absolute atomic E-state index is 12.1. The van der Waals surface area contributed by atoms with E-state index in [0.29, 0.717) is 18.4 Å². The molecular weight excluding hydrogens is 230 g/mol. The summed E-state index contributed by atoms with van der Waals surface area (Å²) in [6.45, 7) is 1.77. The highest BCUT2D eigenvalue weighted by molar-refractivity contribution is 7.12. The molecule has 2 heterocycles. The topological polar surface area (TPSA) is 20.3 Å². The molecule has 1 aliphatic heterocycles. The minimum absolute atomic E-state index is 0.311. The number of hydrogen-bond acceptors (Lipinski definition) is 3. The third kappa shape index (κ3) is 2.31. The van der Waals surface area contributed by atoms with Crippen molar-refractivity contribution in [2.75, 3.05) is 13.1 Å². The highest BCUT2D eigenvalue weighted by Gasteiger charge is 2.36. The predicted molar refractivity (Wildman–Crippen MR) is 70.6 cm³/mol. The lowest BCUT2D eigenvalue weighted by Gasteiger charge is -2.31. The Morgan fingerprint density at radius 3 is 3.06 bits per heavy atom. The molecule has 1 aromatic rings. The Bertz CT molecular complexity index is 387. The fourth-order valence-electron chi connectivity index (χ4n) is 3.40. The van der Waals surface area contributed by atoms with Gasteiger partial charge >= 0.3 is 0 Å². The number of thiophene rings is 1. The molecule has 0 bridgehead atoms. The normalized spacial score (nSPS) is 29.2. The number of Topliss-reactive ketones (excluding diaryl/α,β-unsaturated/α-hetero) is 1.